The standard InChI is InChI=1S/C6H7BrN2/c1-2-5-3-9-6(7)4-8-5/h3-4H,2H2,1H3/i1D3,2D2,3D,4D. The second kappa shape index (κ2) is 2.92. The van der Waals surface area contributed by atoms with Gasteiger partial charge in [-0.2, -0.15) is 0 Å². The molecule has 0 N–H and O–H groups in total. The molecule has 1 aromatic rings. The molecule has 0 fully saturated rings. The lowest BCUT2D eigenvalue weighted by molar-refractivity contribution is 0.989. The van der Waals surface area contributed by atoms with Crippen LogP contribution in [-0.4, -0.2) is 9.97 Å². The molecule has 48 valence electrons. The van der Waals surface area contributed by atoms with Gasteiger partial charge in [-0.1, -0.05) is 6.85 Å². The Morgan fingerprint density at radius 3 is 3.56 bits per heavy atom. The first kappa shape index (κ1) is 2.02. The van der Waals surface area contributed by atoms with Gasteiger partial charge in [0.25, 0.3) is 0 Å². The fourth-order valence-corrected chi connectivity index (χ4v) is 0.487. The third kappa shape index (κ3) is 1.75. The highest BCUT2D eigenvalue weighted by Gasteiger charge is 1.88. The maximum absolute atomic E-state index is 7.41. The molecule has 0 radical (unpaired) electrons. The molecule has 0 unspecified atom stereocenters. The monoisotopic (exact) mass is 193 g/mol. The summed E-state index contributed by atoms with van der Waals surface area (Å²) in [4.78, 5) is 6.94. The Labute approximate surface area is 72.3 Å². The van der Waals surface area contributed by atoms with Gasteiger partial charge < -0.3 is 0 Å². The summed E-state index contributed by atoms with van der Waals surface area (Å²) in [5.41, 5.74) is -0.652. The minimum Gasteiger partial charge on any atom is -0.257 e. The molecule has 0 aliphatic heterocycles. The van der Waals surface area contributed by atoms with Gasteiger partial charge in [-0.3, -0.25) is 4.98 Å². The molecular weight excluding hydrogens is 180 g/mol. The van der Waals surface area contributed by atoms with Crippen molar-refractivity contribution < 1.29 is 9.60 Å². The average Bonchev–Trinajstić information content (AvgIpc) is 2.09. The summed E-state index contributed by atoms with van der Waals surface area (Å²) in [5.74, 6) is 0. The van der Waals surface area contributed by atoms with E-state index in [-0.39, 0.29) is 4.60 Å². The van der Waals surface area contributed by atoms with Crippen LogP contribution in [0.4, 0.5) is 0 Å². The Kier molecular flexibility index (Phi) is 0.655. The van der Waals surface area contributed by atoms with E-state index < -0.39 is 31.3 Å². The molecule has 0 atom stereocenters. The second-order valence-electron chi connectivity index (χ2n) is 1.21. The van der Waals surface area contributed by atoms with E-state index in [1.54, 1.807) is 0 Å². The largest absolute Gasteiger partial charge is 0.257 e. The minimum atomic E-state index is -2.96. The maximum atomic E-state index is 7.41. The number of aryl methyl sites for hydroxylation is 1. The van der Waals surface area contributed by atoms with Crippen molar-refractivity contribution in [2.24, 2.45) is 0 Å². The van der Waals surface area contributed by atoms with E-state index in [0.29, 0.717) is 0 Å². The molecular formula is C6H7BrN2. The quantitative estimate of drug-likeness (QED) is 0.681. The van der Waals surface area contributed by atoms with Crippen LogP contribution in [0, 0.1) is 0 Å². The smallest absolute Gasteiger partial charge is 0.124 e. The van der Waals surface area contributed by atoms with Crippen LogP contribution < -0.4 is 0 Å². The molecule has 1 rings (SSSR count). The van der Waals surface area contributed by atoms with Gasteiger partial charge in [-0.05, 0) is 22.3 Å². The summed E-state index contributed by atoms with van der Waals surface area (Å²) < 4.78 is 50.5. The summed E-state index contributed by atoms with van der Waals surface area (Å²) in [6.07, 6.45) is -3.80. The fourth-order valence-electron chi connectivity index (χ4n) is 0.310. The van der Waals surface area contributed by atoms with E-state index in [4.69, 9.17) is 9.60 Å². The summed E-state index contributed by atoms with van der Waals surface area (Å²) in [6.45, 7) is -2.96. The van der Waals surface area contributed by atoms with Crippen molar-refractivity contribution in [2.75, 3.05) is 0 Å². The second-order valence-corrected chi connectivity index (χ2v) is 1.96. The molecule has 1 heterocycles. The Bertz CT molecular complexity index is 416. The SMILES string of the molecule is [2H]c1nc(C([2H])([2H])C([2H])([2H])[2H])c([2H])nc1Br. The summed E-state index contributed by atoms with van der Waals surface area (Å²) in [7, 11) is 0. The van der Waals surface area contributed by atoms with Crippen molar-refractivity contribution in [2.45, 2.75) is 13.2 Å². The van der Waals surface area contributed by atoms with Gasteiger partial charge in [0.1, 0.15) is 4.60 Å². The van der Waals surface area contributed by atoms with Crippen LogP contribution in [0.5, 0.6) is 0 Å². The molecule has 2 nitrogen and oxygen atoms in total. The highest BCUT2D eigenvalue weighted by molar-refractivity contribution is 9.10. The van der Waals surface area contributed by atoms with E-state index in [1.165, 1.54) is 0 Å². The molecule has 0 bridgehead atoms. The van der Waals surface area contributed by atoms with Crippen molar-refractivity contribution in [1.29, 1.82) is 0 Å². The highest BCUT2D eigenvalue weighted by Crippen LogP contribution is 2.02. The third-order valence-electron chi connectivity index (χ3n) is 0.638. The molecule has 0 spiro atoms. The van der Waals surface area contributed by atoms with E-state index >= 15 is 0 Å². The zero-order valence-electron chi connectivity index (χ0n) is 11.3. The average molecular weight is 194 g/mol. The van der Waals surface area contributed by atoms with Gasteiger partial charge in [-0.15, -0.1) is 0 Å². The molecule has 0 aromatic carbocycles. The molecule has 0 amide bonds. The van der Waals surface area contributed by atoms with Crippen molar-refractivity contribution >= 4 is 15.9 Å². The molecule has 1 aromatic heterocycles. The Morgan fingerprint density at radius 1 is 1.89 bits per heavy atom. The van der Waals surface area contributed by atoms with Gasteiger partial charge in [0, 0.05) is 13.0 Å². The Morgan fingerprint density at radius 2 is 2.78 bits per heavy atom. The first-order valence-corrected chi connectivity index (χ1v) is 2.88. The van der Waals surface area contributed by atoms with Gasteiger partial charge in [0.15, 0.2) is 0 Å². The van der Waals surface area contributed by atoms with Gasteiger partial charge in [0.05, 0.1) is 14.6 Å². The van der Waals surface area contributed by atoms with Crippen LogP contribution in [0.15, 0.2) is 16.9 Å². The topological polar surface area (TPSA) is 25.8 Å². The first-order chi connectivity index (χ1) is 7.07. The molecule has 0 aliphatic carbocycles. The van der Waals surface area contributed by atoms with Gasteiger partial charge in [-0.25, -0.2) is 4.98 Å². The normalized spacial score (nSPS) is 23.9. The van der Waals surface area contributed by atoms with E-state index in [1.807, 2.05) is 0 Å². The number of hydrogen-bond donors (Lipinski definition) is 0. The van der Waals surface area contributed by atoms with Crippen molar-refractivity contribution in [1.82, 2.24) is 9.97 Å². The summed E-state index contributed by atoms with van der Waals surface area (Å²) >= 11 is 2.85. The predicted octanol–water partition coefficient (Wildman–Crippen LogP) is 1.80. The zero-order valence-corrected chi connectivity index (χ0v) is 5.86. The summed E-state index contributed by atoms with van der Waals surface area (Å²) in [5, 5.41) is 0. The number of nitrogens with zero attached hydrogens (tertiary/aromatic N) is 2. The summed E-state index contributed by atoms with van der Waals surface area (Å²) in [6, 6.07) is 0. The van der Waals surface area contributed by atoms with E-state index in [2.05, 4.69) is 25.9 Å². The number of rotatable bonds is 1. The maximum Gasteiger partial charge on any atom is 0.124 e. The van der Waals surface area contributed by atoms with Crippen LogP contribution in [0.1, 0.15) is 22.1 Å². The van der Waals surface area contributed by atoms with Crippen LogP contribution in [-0.2, 0) is 6.37 Å². The lowest BCUT2D eigenvalue weighted by Crippen LogP contribution is -1.86. The van der Waals surface area contributed by atoms with Crippen LogP contribution in [0.3, 0.4) is 0 Å². The Hall–Kier alpha value is -0.440. The number of aromatic nitrogens is 2. The van der Waals surface area contributed by atoms with Gasteiger partial charge in [0.2, 0.25) is 0 Å². The molecule has 0 saturated carbocycles. The fraction of sp³-hybridized carbons (Fsp3) is 0.333. The van der Waals surface area contributed by atoms with Crippen molar-refractivity contribution in [3.05, 3.63) is 22.6 Å². The van der Waals surface area contributed by atoms with Gasteiger partial charge >= 0.3 is 0 Å². The zero-order chi connectivity index (χ0) is 12.7. The lowest BCUT2D eigenvalue weighted by Gasteiger charge is -1.91. The van der Waals surface area contributed by atoms with Crippen molar-refractivity contribution in [3.63, 3.8) is 0 Å². The molecule has 0 saturated heterocycles. The Balaban J connectivity index is 3.39. The van der Waals surface area contributed by atoms with Crippen molar-refractivity contribution in [3.8, 4) is 0 Å². The van der Waals surface area contributed by atoms with Crippen LogP contribution >= 0.6 is 15.9 Å². The molecule has 9 heavy (non-hydrogen) atoms. The van der Waals surface area contributed by atoms with Crippen LogP contribution in [0.25, 0.3) is 0 Å². The van der Waals surface area contributed by atoms with Crippen LogP contribution in [0.2, 0.25) is 0 Å². The van der Waals surface area contributed by atoms with E-state index in [0.717, 1.165) is 0 Å². The number of halogens is 1. The molecule has 3 heteroatoms. The minimum absolute atomic E-state index is 0.0254. The highest BCUT2D eigenvalue weighted by atomic mass is 79.9. The molecule has 0 aliphatic rings. The third-order valence-corrected chi connectivity index (χ3v) is 0.993. The predicted molar refractivity (Wildman–Crippen MR) is 39.1 cm³/mol. The first-order valence-electron chi connectivity index (χ1n) is 5.58. The lowest BCUT2D eigenvalue weighted by atomic mass is 10.4. The van der Waals surface area contributed by atoms with E-state index in [9.17, 15) is 0 Å². The number of hydrogen-bond acceptors (Lipinski definition) is 2.